The van der Waals surface area contributed by atoms with Crippen LogP contribution < -0.4 is 5.32 Å². The molecule has 1 N–H and O–H groups in total. The van der Waals surface area contributed by atoms with Crippen molar-refractivity contribution >= 4 is 39.1 Å². The zero-order chi connectivity index (χ0) is 10.8. The van der Waals surface area contributed by atoms with Gasteiger partial charge in [0.2, 0.25) is 5.88 Å². The number of nitrogens with zero attached hydrogens (tertiary/aromatic N) is 1. The van der Waals surface area contributed by atoms with E-state index in [-0.39, 0.29) is 5.91 Å². The topological polar surface area (TPSA) is 55.1 Å². The molecular weight excluding hydrogens is 280 g/mol. The number of halogens is 1. The smallest absolute Gasteiger partial charge is 0.258 e. The maximum Gasteiger partial charge on any atom is 0.258 e. The van der Waals surface area contributed by atoms with E-state index in [1.807, 2.05) is 0 Å². The second-order valence-corrected chi connectivity index (χ2v) is 5.22. The van der Waals surface area contributed by atoms with Gasteiger partial charge >= 0.3 is 0 Å². The molecule has 0 radical (unpaired) electrons. The standard InChI is InChI=1S/C9H7BrN2O2S/c1-5-2-8(14-12-5)11-9(13)6-3-7(10)15-4-6/h2-4H,1H3,(H,11,13). The Morgan fingerprint density at radius 3 is 2.93 bits per heavy atom. The monoisotopic (exact) mass is 286 g/mol. The molecule has 0 saturated carbocycles. The molecule has 2 aromatic heterocycles. The summed E-state index contributed by atoms with van der Waals surface area (Å²) in [7, 11) is 0. The Hall–Kier alpha value is -1.14. The zero-order valence-corrected chi connectivity index (χ0v) is 10.2. The van der Waals surface area contributed by atoms with Crippen molar-refractivity contribution in [1.82, 2.24) is 5.16 Å². The average molecular weight is 287 g/mol. The molecule has 2 aromatic rings. The lowest BCUT2D eigenvalue weighted by molar-refractivity contribution is 0.102. The summed E-state index contributed by atoms with van der Waals surface area (Å²) in [6, 6.07) is 3.42. The van der Waals surface area contributed by atoms with Crippen molar-refractivity contribution < 1.29 is 9.32 Å². The second kappa shape index (κ2) is 4.16. The molecule has 0 fully saturated rings. The zero-order valence-electron chi connectivity index (χ0n) is 7.78. The Labute approximate surface area is 98.4 Å². The Bertz CT molecular complexity index is 492. The van der Waals surface area contributed by atoms with Crippen LogP contribution in [-0.4, -0.2) is 11.1 Å². The van der Waals surface area contributed by atoms with E-state index in [0.29, 0.717) is 11.4 Å². The number of aryl methyl sites for hydroxylation is 1. The lowest BCUT2D eigenvalue weighted by Gasteiger charge is -1.96. The average Bonchev–Trinajstić information content (AvgIpc) is 2.75. The minimum absolute atomic E-state index is 0.201. The fraction of sp³-hybridized carbons (Fsp3) is 0.111. The molecule has 2 rings (SSSR count). The van der Waals surface area contributed by atoms with E-state index in [1.165, 1.54) is 11.3 Å². The van der Waals surface area contributed by atoms with Crippen molar-refractivity contribution in [3.05, 3.63) is 32.6 Å². The molecule has 0 aliphatic rings. The number of carbonyl (C=O) groups excluding carboxylic acids is 1. The normalized spacial score (nSPS) is 10.3. The van der Waals surface area contributed by atoms with Gasteiger partial charge in [-0.3, -0.25) is 10.1 Å². The van der Waals surface area contributed by atoms with Crippen molar-refractivity contribution in [3.8, 4) is 0 Å². The van der Waals surface area contributed by atoms with Gasteiger partial charge in [0.25, 0.3) is 5.91 Å². The van der Waals surface area contributed by atoms with E-state index in [0.717, 1.165) is 9.48 Å². The maximum atomic E-state index is 11.6. The lowest BCUT2D eigenvalue weighted by Crippen LogP contribution is -2.09. The molecule has 0 atom stereocenters. The van der Waals surface area contributed by atoms with Crippen molar-refractivity contribution in [2.24, 2.45) is 0 Å². The quantitative estimate of drug-likeness (QED) is 0.923. The minimum atomic E-state index is -0.201. The molecule has 0 aliphatic carbocycles. The number of anilines is 1. The third-order valence-corrected chi connectivity index (χ3v) is 3.20. The summed E-state index contributed by atoms with van der Waals surface area (Å²) in [5, 5.41) is 8.05. The predicted molar refractivity (Wildman–Crippen MR) is 61.2 cm³/mol. The molecule has 0 saturated heterocycles. The first kappa shape index (κ1) is 10.4. The van der Waals surface area contributed by atoms with Crippen LogP contribution in [0.1, 0.15) is 16.1 Å². The van der Waals surface area contributed by atoms with E-state index in [9.17, 15) is 4.79 Å². The van der Waals surface area contributed by atoms with Crippen LogP contribution in [-0.2, 0) is 0 Å². The SMILES string of the molecule is Cc1cc(NC(=O)c2csc(Br)c2)on1. The number of nitrogens with one attached hydrogen (secondary N) is 1. The van der Waals surface area contributed by atoms with Gasteiger partial charge < -0.3 is 4.52 Å². The van der Waals surface area contributed by atoms with Crippen molar-refractivity contribution in [2.75, 3.05) is 5.32 Å². The highest BCUT2D eigenvalue weighted by Gasteiger charge is 2.10. The summed E-state index contributed by atoms with van der Waals surface area (Å²) in [4.78, 5) is 11.6. The van der Waals surface area contributed by atoms with Crippen LogP contribution in [0.25, 0.3) is 0 Å². The van der Waals surface area contributed by atoms with Crippen molar-refractivity contribution in [3.63, 3.8) is 0 Å². The molecule has 6 heteroatoms. The molecule has 2 heterocycles. The molecule has 1 amide bonds. The van der Waals surface area contributed by atoms with E-state index >= 15 is 0 Å². The third-order valence-electron chi connectivity index (χ3n) is 1.69. The van der Waals surface area contributed by atoms with Gasteiger partial charge in [-0.25, -0.2) is 0 Å². The molecule has 15 heavy (non-hydrogen) atoms. The van der Waals surface area contributed by atoms with Crippen LogP contribution in [0.5, 0.6) is 0 Å². The van der Waals surface area contributed by atoms with E-state index < -0.39 is 0 Å². The van der Waals surface area contributed by atoms with Crippen LogP contribution in [0.3, 0.4) is 0 Å². The Balaban J connectivity index is 2.10. The van der Waals surface area contributed by atoms with E-state index in [2.05, 4.69) is 26.4 Å². The second-order valence-electron chi connectivity index (χ2n) is 2.93. The molecule has 0 unspecified atom stereocenters. The van der Waals surface area contributed by atoms with Gasteiger partial charge in [-0.1, -0.05) is 5.16 Å². The molecule has 0 aliphatic heterocycles. The Morgan fingerprint density at radius 1 is 1.60 bits per heavy atom. The highest BCUT2D eigenvalue weighted by molar-refractivity contribution is 9.11. The molecule has 0 aromatic carbocycles. The van der Waals surface area contributed by atoms with E-state index in [1.54, 1.807) is 24.4 Å². The number of hydrogen-bond donors (Lipinski definition) is 1. The summed E-state index contributed by atoms with van der Waals surface area (Å²) in [6.07, 6.45) is 0. The van der Waals surface area contributed by atoms with Crippen LogP contribution in [0.4, 0.5) is 5.88 Å². The highest BCUT2D eigenvalue weighted by atomic mass is 79.9. The summed E-state index contributed by atoms with van der Waals surface area (Å²) < 4.78 is 5.79. The number of thiophene rings is 1. The fourth-order valence-electron chi connectivity index (χ4n) is 1.04. The van der Waals surface area contributed by atoms with Crippen LogP contribution in [0.15, 0.2) is 25.8 Å². The number of rotatable bonds is 2. The fourth-order valence-corrected chi connectivity index (χ4v) is 2.17. The minimum Gasteiger partial charge on any atom is -0.338 e. The van der Waals surface area contributed by atoms with Gasteiger partial charge in [0.1, 0.15) is 0 Å². The largest absolute Gasteiger partial charge is 0.338 e. The number of amides is 1. The van der Waals surface area contributed by atoms with E-state index in [4.69, 9.17) is 4.52 Å². The first-order chi connectivity index (χ1) is 7.15. The summed E-state index contributed by atoms with van der Waals surface area (Å²) >= 11 is 4.75. The Morgan fingerprint density at radius 2 is 2.40 bits per heavy atom. The number of hydrogen-bond acceptors (Lipinski definition) is 4. The van der Waals surface area contributed by atoms with Crippen LogP contribution >= 0.6 is 27.3 Å². The predicted octanol–water partition coefficient (Wildman–Crippen LogP) is 3.06. The van der Waals surface area contributed by atoms with Crippen LogP contribution in [0, 0.1) is 6.92 Å². The van der Waals surface area contributed by atoms with Gasteiger partial charge in [0.05, 0.1) is 15.0 Å². The van der Waals surface area contributed by atoms with Gasteiger partial charge in [-0.05, 0) is 28.9 Å². The summed E-state index contributed by atoms with van der Waals surface area (Å²) in [5.41, 5.74) is 1.33. The lowest BCUT2D eigenvalue weighted by atomic mass is 10.3. The van der Waals surface area contributed by atoms with Crippen LogP contribution in [0.2, 0.25) is 0 Å². The maximum absolute atomic E-state index is 11.6. The molecular formula is C9H7BrN2O2S. The molecule has 4 nitrogen and oxygen atoms in total. The van der Waals surface area contributed by atoms with Gasteiger partial charge in [0, 0.05) is 11.4 Å². The summed E-state index contributed by atoms with van der Waals surface area (Å²) in [5.74, 6) is 0.160. The number of carbonyl (C=O) groups is 1. The van der Waals surface area contributed by atoms with Crippen molar-refractivity contribution in [2.45, 2.75) is 6.92 Å². The van der Waals surface area contributed by atoms with Gasteiger partial charge in [0.15, 0.2) is 0 Å². The highest BCUT2D eigenvalue weighted by Crippen LogP contribution is 2.21. The van der Waals surface area contributed by atoms with Crippen molar-refractivity contribution in [1.29, 1.82) is 0 Å². The first-order valence-corrected chi connectivity index (χ1v) is 5.81. The molecule has 0 spiro atoms. The first-order valence-electron chi connectivity index (χ1n) is 4.14. The van der Waals surface area contributed by atoms with Gasteiger partial charge in [-0.2, -0.15) is 0 Å². The molecule has 0 bridgehead atoms. The number of aromatic nitrogens is 1. The van der Waals surface area contributed by atoms with Gasteiger partial charge in [-0.15, -0.1) is 11.3 Å². The Kier molecular flexibility index (Phi) is 2.88. The summed E-state index contributed by atoms with van der Waals surface area (Å²) in [6.45, 7) is 1.79. The third kappa shape index (κ3) is 2.45. The molecule has 78 valence electrons.